The van der Waals surface area contributed by atoms with Gasteiger partial charge in [-0.05, 0) is 73.9 Å². The van der Waals surface area contributed by atoms with Crippen LogP contribution in [0.4, 0.5) is 5.69 Å². The fourth-order valence-corrected chi connectivity index (χ4v) is 5.07. The molecule has 0 aliphatic carbocycles. The predicted molar refractivity (Wildman–Crippen MR) is 140 cm³/mol. The van der Waals surface area contributed by atoms with Gasteiger partial charge in [0.25, 0.3) is 10.0 Å². The van der Waals surface area contributed by atoms with E-state index in [1.165, 1.54) is 21.3 Å². The highest BCUT2D eigenvalue weighted by atomic mass is 32.2. The Balaban J connectivity index is 1.88. The Morgan fingerprint density at radius 3 is 1.97 bits per heavy atom. The second-order valence-electron chi connectivity index (χ2n) is 8.40. The molecule has 0 aliphatic heterocycles. The maximum atomic E-state index is 13.6. The van der Waals surface area contributed by atoms with Gasteiger partial charge in [0, 0.05) is 6.54 Å². The number of ether oxygens (including phenoxy) is 3. The molecule has 0 aliphatic rings. The van der Waals surface area contributed by atoms with Crippen LogP contribution >= 0.6 is 0 Å². The number of amides is 1. The van der Waals surface area contributed by atoms with Crippen LogP contribution in [0.15, 0.2) is 59.5 Å². The van der Waals surface area contributed by atoms with Crippen molar-refractivity contribution in [3.05, 3.63) is 76.9 Å². The molecule has 0 fully saturated rings. The van der Waals surface area contributed by atoms with Gasteiger partial charge in [0.15, 0.2) is 11.5 Å². The third-order valence-electron chi connectivity index (χ3n) is 5.89. The van der Waals surface area contributed by atoms with Gasteiger partial charge in [-0.25, -0.2) is 8.42 Å². The zero-order chi connectivity index (χ0) is 26.5. The highest BCUT2D eigenvalue weighted by Crippen LogP contribution is 2.38. The van der Waals surface area contributed by atoms with Gasteiger partial charge in [-0.2, -0.15) is 0 Å². The SMILES string of the molecule is COc1cc(CNC(=O)CN(c2ccc(C)c(C)c2)S(=O)(=O)c2ccc(C)cc2)cc(OC)c1OC. The standard InChI is InChI=1S/C27H32N2O6S/c1-18-7-11-23(12-8-18)36(31,32)29(22-10-9-19(2)20(3)13-22)17-26(30)28-16-21-14-24(33-4)27(35-6)25(15-21)34-5/h7-15H,16-17H2,1-6H3,(H,28,30). The van der Waals surface area contributed by atoms with Crippen molar-refractivity contribution in [3.8, 4) is 17.2 Å². The van der Waals surface area contributed by atoms with E-state index < -0.39 is 15.9 Å². The second-order valence-corrected chi connectivity index (χ2v) is 10.3. The van der Waals surface area contributed by atoms with Crippen LogP contribution in [-0.2, 0) is 21.4 Å². The first-order valence-corrected chi connectivity index (χ1v) is 12.8. The molecule has 9 heteroatoms. The molecule has 0 bridgehead atoms. The van der Waals surface area contributed by atoms with Crippen LogP contribution in [-0.4, -0.2) is 42.2 Å². The Morgan fingerprint density at radius 2 is 1.44 bits per heavy atom. The molecule has 0 saturated carbocycles. The molecular weight excluding hydrogens is 480 g/mol. The fraction of sp³-hybridized carbons (Fsp3) is 0.296. The van der Waals surface area contributed by atoms with Crippen molar-refractivity contribution in [3.63, 3.8) is 0 Å². The minimum absolute atomic E-state index is 0.115. The summed E-state index contributed by atoms with van der Waals surface area (Å²) in [4.78, 5) is 13.1. The molecule has 0 aromatic heterocycles. The smallest absolute Gasteiger partial charge is 0.264 e. The number of benzene rings is 3. The Bertz CT molecular complexity index is 1310. The number of aryl methyl sites for hydroxylation is 3. The quantitative estimate of drug-likeness (QED) is 0.439. The molecule has 1 amide bonds. The Kier molecular flexibility index (Phi) is 8.47. The van der Waals surface area contributed by atoms with Gasteiger partial charge in [0.05, 0.1) is 31.9 Å². The summed E-state index contributed by atoms with van der Waals surface area (Å²) in [6, 6.07) is 15.3. The summed E-state index contributed by atoms with van der Waals surface area (Å²) in [5, 5.41) is 2.80. The molecular formula is C27H32N2O6S. The number of hydrogen-bond acceptors (Lipinski definition) is 6. The van der Waals surface area contributed by atoms with Gasteiger partial charge in [0.1, 0.15) is 6.54 Å². The van der Waals surface area contributed by atoms with Crippen molar-refractivity contribution in [1.82, 2.24) is 5.32 Å². The van der Waals surface area contributed by atoms with Crippen molar-refractivity contribution < 1.29 is 27.4 Å². The van der Waals surface area contributed by atoms with E-state index in [4.69, 9.17) is 14.2 Å². The predicted octanol–water partition coefficient (Wildman–Crippen LogP) is 4.15. The van der Waals surface area contributed by atoms with Crippen LogP contribution in [0.3, 0.4) is 0 Å². The van der Waals surface area contributed by atoms with Gasteiger partial charge < -0.3 is 19.5 Å². The lowest BCUT2D eigenvalue weighted by atomic mass is 10.1. The van der Waals surface area contributed by atoms with Gasteiger partial charge in [0.2, 0.25) is 11.7 Å². The number of rotatable bonds is 10. The number of carbonyl (C=O) groups excluding carboxylic acids is 1. The largest absolute Gasteiger partial charge is 0.493 e. The van der Waals surface area contributed by atoms with Gasteiger partial charge in [-0.3, -0.25) is 9.10 Å². The van der Waals surface area contributed by atoms with E-state index in [2.05, 4.69) is 5.32 Å². The fourth-order valence-electron chi connectivity index (χ4n) is 3.66. The molecule has 0 spiro atoms. The molecule has 0 atom stereocenters. The summed E-state index contributed by atoms with van der Waals surface area (Å²) < 4.78 is 44.4. The van der Waals surface area contributed by atoms with Gasteiger partial charge in [-0.15, -0.1) is 0 Å². The first-order valence-electron chi connectivity index (χ1n) is 11.3. The number of anilines is 1. The van der Waals surface area contributed by atoms with E-state index in [1.807, 2.05) is 26.8 Å². The molecule has 192 valence electrons. The second kappa shape index (κ2) is 11.3. The first kappa shape index (κ1) is 26.9. The molecule has 1 N–H and O–H groups in total. The van der Waals surface area contributed by atoms with E-state index in [9.17, 15) is 13.2 Å². The maximum Gasteiger partial charge on any atom is 0.264 e. The van der Waals surface area contributed by atoms with Crippen LogP contribution in [0.25, 0.3) is 0 Å². The molecule has 36 heavy (non-hydrogen) atoms. The van der Waals surface area contributed by atoms with Crippen molar-refractivity contribution in [1.29, 1.82) is 0 Å². The molecule has 3 aromatic rings. The van der Waals surface area contributed by atoms with Gasteiger partial charge >= 0.3 is 0 Å². The molecule has 8 nitrogen and oxygen atoms in total. The minimum Gasteiger partial charge on any atom is -0.493 e. The lowest BCUT2D eigenvalue weighted by molar-refractivity contribution is -0.119. The van der Waals surface area contributed by atoms with E-state index in [0.29, 0.717) is 28.5 Å². The molecule has 0 unspecified atom stereocenters. The zero-order valence-electron chi connectivity index (χ0n) is 21.4. The average molecular weight is 513 g/mol. The number of sulfonamides is 1. The monoisotopic (exact) mass is 512 g/mol. The van der Waals surface area contributed by atoms with Gasteiger partial charge in [-0.1, -0.05) is 23.8 Å². The summed E-state index contributed by atoms with van der Waals surface area (Å²) in [7, 11) is 0.541. The summed E-state index contributed by atoms with van der Waals surface area (Å²) in [5.41, 5.74) is 4.01. The third kappa shape index (κ3) is 5.91. The summed E-state index contributed by atoms with van der Waals surface area (Å²) >= 11 is 0. The van der Waals surface area contributed by atoms with E-state index in [-0.39, 0.29) is 18.0 Å². The summed E-state index contributed by atoms with van der Waals surface area (Å²) in [5.74, 6) is 0.900. The number of nitrogens with zero attached hydrogens (tertiary/aromatic N) is 1. The molecule has 0 saturated heterocycles. The number of methoxy groups -OCH3 is 3. The van der Waals surface area contributed by atoms with E-state index in [0.717, 1.165) is 21.0 Å². The normalized spacial score (nSPS) is 11.1. The number of carbonyl (C=O) groups is 1. The van der Waals surface area contributed by atoms with Crippen molar-refractivity contribution in [2.75, 3.05) is 32.2 Å². The lowest BCUT2D eigenvalue weighted by Gasteiger charge is -2.25. The Hall–Kier alpha value is -3.72. The first-order chi connectivity index (χ1) is 17.1. The topological polar surface area (TPSA) is 94.2 Å². The maximum absolute atomic E-state index is 13.6. The number of nitrogens with one attached hydrogen (secondary N) is 1. The van der Waals surface area contributed by atoms with Crippen molar-refractivity contribution in [2.45, 2.75) is 32.2 Å². The Labute approximate surface area is 212 Å². The molecule has 3 rings (SSSR count). The molecule has 0 radical (unpaired) electrons. The van der Waals surface area contributed by atoms with Crippen LogP contribution in [0.5, 0.6) is 17.2 Å². The molecule has 3 aromatic carbocycles. The van der Waals surface area contributed by atoms with E-state index in [1.54, 1.807) is 48.5 Å². The van der Waals surface area contributed by atoms with Crippen LogP contribution in [0, 0.1) is 20.8 Å². The average Bonchev–Trinajstić information content (AvgIpc) is 2.87. The minimum atomic E-state index is -3.99. The highest BCUT2D eigenvalue weighted by Gasteiger charge is 2.27. The summed E-state index contributed by atoms with van der Waals surface area (Å²) in [6.45, 7) is 5.49. The zero-order valence-corrected chi connectivity index (χ0v) is 22.2. The third-order valence-corrected chi connectivity index (χ3v) is 7.68. The van der Waals surface area contributed by atoms with Crippen LogP contribution in [0.2, 0.25) is 0 Å². The van der Waals surface area contributed by atoms with Crippen molar-refractivity contribution in [2.24, 2.45) is 0 Å². The highest BCUT2D eigenvalue weighted by molar-refractivity contribution is 7.92. The summed E-state index contributed by atoms with van der Waals surface area (Å²) in [6.07, 6.45) is 0. The van der Waals surface area contributed by atoms with Crippen LogP contribution in [0.1, 0.15) is 22.3 Å². The van der Waals surface area contributed by atoms with Crippen molar-refractivity contribution >= 4 is 21.6 Å². The molecule has 0 heterocycles. The number of hydrogen-bond donors (Lipinski definition) is 1. The van der Waals surface area contributed by atoms with Crippen LogP contribution < -0.4 is 23.8 Å². The Morgan fingerprint density at radius 1 is 0.833 bits per heavy atom. The van der Waals surface area contributed by atoms with E-state index >= 15 is 0 Å². The lowest BCUT2D eigenvalue weighted by Crippen LogP contribution is -2.40.